The molecule has 1 aromatic carbocycles. The molecule has 0 aliphatic carbocycles. The highest BCUT2D eigenvalue weighted by Crippen LogP contribution is 2.35. The molecule has 2 unspecified atom stereocenters. The van der Waals surface area contributed by atoms with Gasteiger partial charge >= 0.3 is 5.97 Å². The number of benzene rings is 1. The second kappa shape index (κ2) is 7.15. The van der Waals surface area contributed by atoms with Crippen LogP contribution in [0.2, 0.25) is 0 Å². The van der Waals surface area contributed by atoms with Crippen molar-refractivity contribution in [2.75, 3.05) is 6.61 Å². The lowest BCUT2D eigenvalue weighted by molar-refractivity contribution is -0.151. The van der Waals surface area contributed by atoms with Crippen molar-refractivity contribution in [3.8, 4) is 11.5 Å². The zero-order valence-corrected chi connectivity index (χ0v) is 14.9. The fourth-order valence-electron chi connectivity index (χ4n) is 3.04. The van der Waals surface area contributed by atoms with Crippen LogP contribution >= 0.6 is 0 Å². The summed E-state index contributed by atoms with van der Waals surface area (Å²) < 4.78 is 16.3. The fraction of sp³-hybridized carbons (Fsp3) is 0.350. The third kappa shape index (κ3) is 3.54. The number of fused-ring (bicyclic) bond motifs is 1. The van der Waals surface area contributed by atoms with Gasteiger partial charge in [0.1, 0.15) is 23.4 Å². The highest BCUT2D eigenvalue weighted by atomic mass is 16.5. The van der Waals surface area contributed by atoms with Crippen molar-refractivity contribution < 1.29 is 28.6 Å². The van der Waals surface area contributed by atoms with E-state index in [0.717, 1.165) is 23.8 Å². The second-order valence-corrected chi connectivity index (χ2v) is 6.31. The van der Waals surface area contributed by atoms with Crippen LogP contribution < -0.4 is 9.47 Å². The van der Waals surface area contributed by atoms with E-state index in [9.17, 15) is 14.4 Å². The summed E-state index contributed by atoms with van der Waals surface area (Å²) in [5, 5.41) is 0. The molecule has 0 amide bonds. The number of cyclic esters (lactones) is 1. The summed E-state index contributed by atoms with van der Waals surface area (Å²) in [5.41, 5.74) is 1.70. The molecule has 0 saturated heterocycles. The minimum Gasteiger partial charge on any atom is -0.493 e. The Hall–Kier alpha value is -2.89. The van der Waals surface area contributed by atoms with E-state index in [4.69, 9.17) is 14.2 Å². The van der Waals surface area contributed by atoms with Gasteiger partial charge in [-0.2, -0.15) is 0 Å². The molecule has 6 nitrogen and oxygen atoms in total. The van der Waals surface area contributed by atoms with Crippen molar-refractivity contribution in [1.29, 1.82) is 0 Å². The van der Waals surface area contributed by atoms with Gasteiger partial charge in [0, 0.05) is 23.6 Å². The van der Waals surface area contributed by atoms with E-state index in [-0.39, 0.29) is 11.9 Å². The Kier molecular flexibility index (Phi) is 4.93. The largest absolute Gasteiger partial charge is 0.493 e. The number of allylic oxidation sites excluding steroid dienone is 3. The first-order chi connectivity index (χ1) is 12.4. The lowest BCUT2D eigenvalue weighted by Gasteiger charge is -2.16. The third-order valence-corrected chi connectivity index (χ3v) is 4.17. The van der Waals surface area contributed by atoms with Crippen molar-refractivity contribution >= 4 is 23.6 Å². The minimum atomic E-state index is -1.45. The SMILES string of the molecule is CCOc1cc2c(cc1C=CC(=O)C1C(=O)C=C(C)OC1=O)OC(C)C2. The molecule has 6 heteroatoms. The Labute approximate surface area is 151 Å². The normalized spacial score (nSPS) is 21.9. The second-order valence-electron chi connectivity index (χ2n) is 6.31. The van der Waals surface area contributed by atoms with Crippen molar-refractivity contribution in [1.82, 2.24) is 0 Å². The van der Waals surface area contributed by atoms with Gasteiger partial charge in [-0.15, -0.1) is 0 Å². The highest BCUT2D eigenvalue weighted by molar-refractivity contribution is 6.25. The summed E-state index contributed by atoms with van der Waals surface area (Å²) in [5.74, 6) is -1.92. The first-order valence-corrected chi connectivity index (χ1v) is 8.51. The van der Waals surface area contributed by atoms with Gasteiger partial charge in [-0.3, -0.25) is 14.4 Å². The Morgan fingerprint density at radius 3 is 2.81 bits per heavy atom. The molecule has 0 saturated carbocycles. The third-order valence-electron chi connectivity index (χ3n) is 4.17. The molecular formula is C20H20O6. The quantitative estimate of drug-likeness (QED) is 0.458. The average Bonchev–Trinajstić information content (AvgIpc) is 2.91. The summed E-state index contributed by atoms with van der Waals surface area (Å²) in [6, 6.07) is 3.71. The molecule has 0 spiro atoms. The Morgan fingerprint density at radius 1 is 1.35 bits per heavy atom. The molecule has 3 rings (SSSR count). The number of hydrogen-bond donors (Lipinski definition) is 0. The molecule has 0 N–H and O–H groups in total. The van der Waals surface area contributed by atoms with Crippen molar-refractivity contribution in [3.05, 3.63) is 41.2 Å². The van der Waals surface area contributed by atoms with E-state index in [1.54, 1.807) is 6.07 Å². The molecule has 2 aliphatic heterocycles. The van der Waals surface area contributed by atoms with Crippen LogP contribution in [0.5, 0.6) is 11.5 Å². The molecule has 0 aromatic heterocycles. The molecule has 0 bridgehead atoms. The highest BCUT2D eigenvalue weighted by Gasteiger charge is 2.36. The molecule has 2 atom stereocenters. The Balaban J connectivity index is 1.86. The molecule has 0 radical (unpaired) electrons. The van der Waals surface area contributed by atoms with Gasteiger partial charge in [0.05, 0.1) is 6.61 Å². The average molecular weight is 356 g/mol. The molecule has 0 fully saturated rings. The molecule has 26 heavy (non-hydrogen) atoms. The van der Waals surface area contributed by atoms with E-state index >= 15 is 0 Å². The van der Waals surface area contributed by atoms with E-state index in [0.29, 0.717) is 17.9 Å². The first-order valence-electron chi connectivity index (χ1n) is 8.51. The van der Waals surface area contributed by atoms with Crippen LogP contribution in [0.4, 0.5) is 0 Å². The maximum atomic E-state index is 12.3. The zero-order chi connectivity index (χ0) is 18.8. The first kappa shape index (κ1) is 17.9. The lowest BCUT2D eigenvalue weighted by Crippen LogP contribution is -2.34. The van der Waals surface area contributed by atoms with Crippen LogP contribution in [0, 0.1) is 5.92 Å². The summed E-state index contributed by atoms with van der Waals surface area (Å²) in [4.78, 5) is 36.1. The molecular weight excluding hydrogens is 336 g/mol. The van der Waals surface area contributed by atoms with Gasteiger partial charge in [-0.05, 0) is 45.1 Å². The maximum absolute atomic E-state index is 12.3. The number of esters is 1. The zero-order valence-electron chi connectivity index (χ0n) is 14.9. The van der Waals surface area contributed by atoms with Crippen molar-refractivity contribution in [3.63, 3.8) is 0 Å². The predicted octanol–water partition coefficient (Wildman–Crippen LogP) is 2.64. The topological polar surface area (TPSA) is 78.9 Å². The summed E-state index contributed by atoms with van der Waals surface area (Å²) in [6.45, 7) is 5.82. The number of ether oxygens (including phenoxy) is 3. The van der Waals surface area contributed by atoms with Gasteiger partial charge in [-0.1, -0.05) is 0 Å². The van der Waals surface area contributed by atoms with Gasteiger partial charge in [0.25, 0.3) is 0 Å². The van der Waals surface area contributed by atoms with E-state index in [1.165, 1.54) is 19.1 Å². The van der Waals surface area contributed by atoms with E-state index in [2.05, 4.69) is 0 Å². The van der Waals surface area contributed by atoms with Crippen LogP contribution in [-0.2, 0) is 25.5 Å². The van der Waals surface area contributed by atoms with Crippen molar-refractivity contribution in [2.24, 2.45) is 5.92 Å². The molecule has 136 valence electrons. The van der Waals surface area contributed by atoms with E-state index < -0.39 is 23.5 Å². The summed E-state index contributed by atoms with van der Waals surface area (Å²) >= 11 is 0. The number of carbonyl (C=O) groups is 3. The summed E-state index contributed by atoms with van der Waals surface area (Å²) in [6.07, 6.45) is 4.79. The molecule has 2 heterocycles. The number of hydrogen-bond acceptors (Lipinski definition) is 6. The number of ketones is 2. The van der Waals surface area contributed by atoms with Gasteiger partial charge in [0.15, 0.2) is 17.5 Å². The Morgan fingerprint density at radius 2 is 2.12 bits per heavy atom. The van der Waals surface area contributed by atoms with Gasteiger partial charge < -0.3 is 14.2 Å². The monoisotopic (exact) mass is 356 g/mol. The van der Waals surface area contributed by atoms with Crippen LogP contribution in [0.15, 0.2) is 30.0 Å². The van der Waals surface area contributed by atoms with Gasteiger partial charge in [-0.25, -0.2) is 0 Å². The molecule has 2 aliphatic rings. The van der Waals surface area contributed by atoms with Crippen LogP contribution in [0.25, 0.3) is 6.08 Å². The number of rotatable bonds is 5. The van der Waals surface area contributed by atoms with Crippen LogP contribution in [-0.4, -0.2) is 30.2 Å². The predicted molar refractivity (Wildman–Crippen MR) is 93.8 cm³/mol. The minimum absolute atomic E-state index is 0.0880. The maximum Gasteiger partial charge on any atom is 0.329 e. The van der Waals surface area contributed by atoms with Crippen molar-refractivity contribution in [2.45, 2.75) is 33.3 Å². The smallest absolute Gasteiger partial charge is 0.329 e. The van der Waals surface area contributed by atoms with Gasteiger partial charge in [0.2, 0.25) is 0 Å². The Bertz CT molecular complexity index is 833. The van der Waals surface area contributed by atoms with Crippen LogP contribution in [0.3, 0.4) is 0 Å². The lowest BCUT2D eigenvalue weighted by atomic mass is 9.95. The van der Waals surface area contributed by atoms with Crippen LogP contribution in [0.1, 0.15) is 31.9 Å². The van der Waals surface area contributed by atoms with E-state index in [1.807, 2.05) is 19.9 Å². The molecule has 1 aromatic rings. The fourth-order valence-corrected chi connectivity index (χ4v) is 3.04. The standard InChI is InChI=1S/C20H20O6/c1-4-24-17-10-14-7-11(2)25-18(14)9-13(17)5-6-15(21)19-16(22)8-12(3)26-20(19)23/h5-6,8-11,19H,4,7H2,1-3H3. The summed E-state index contributed by atoms with van der Waals surface area (Å²) in [7, 11) is 0. The number of carbonyl (C=O) groups excluding carboxylic acids is 3.